The topological polar surface area (TPSA) is 40.2 Å². The minimum absolute atomic E-state index is 0.839. The van der Waals surface area contributed by atoms with Gasteiger partial charge < -0.3 is 15.5 Å². The lowest BCUT2D eigenvalue weighted by Gasteiger charge is -2.10. The lowest BCUT2D eigenvalue weighted by molar-refractivity contribution is 0.399. The molecule has 0 aliphatic carbocycles. The van der Waals surface area contributed by atoms with Crippen LogP contribution in [-0.2, 0) is 13.1 Å². The van der Waals surface area contributed by atoms with E-state index in [1.165, 1.54) is 0 Å². The average molecular weight is 348 g/mol. The molecule has 0 spiro atoms. The molecule has 0 aromatic carbocycles. The van der Waals surface area contributed by atoms with Crippen LogP contribution < -0.4 is 10.6 Å². The molecule has 1 rings (SSSR count). The van der Waals surface area contributed by atoms with Crippen LogP contribution in [0.2, 0.25) is 0 Å². The van der Waals surface area contributed by atoms with Crippen LogP contribution >= 0.6 is 22.6 Å². The average Bonchev–Trinajstić information content (AvgIpc) is 2.32. The number of alkyl halides is 1. The summed E-state index contributed by atoms with van der Waals surface area (Å²) in [5, 5.41) is 6.66. The molecule has 0 amide bonds. The van der Waals surface area contributed by atoms with Gasteiger partial charge in [-0.1, -0.05) is 28.7 Å². The molecule has 5 heteroatoms. The van der Waals surface area contributed by atoms with E-state index in [-0.39, 0.29) is 0 Å². The number of nitrogens with zero attached hydrogens (tertiary/aromatic N) is 2. The Kier molecular flexibility index (Phi) is 7.67. The third-order valence-electron chi connectivity index (χ3n) is 2.31. The van der Waals surface area contributed by atoms with Crippen LogP contribution in [0.25, 0.3) is 0 Å². The molecule has 0 saturated heterocycles. The maximum Gasteiger partial charge on any atom is 0.0545 e. The van der Waals surface area contributed by atoms with Gasteiger partial charge in [0.15, 0.2) is 0 Å². The Hall–Kier alpha value is -0.240. The van der Waals surface area contributed by atoms with Crippen molar-refractivity contribution in [1.82, 2.24) is 20.5 Å². The number of halogens is 1. The predicted molar refractivity (Wildman–Crippen MR) is 80.2 cm³/mol. The van der Waals surface area contributed by atoms with Crippen molar-refractivity contribution in [2.24, 2.45) is 0 Å². The molecule has 1 aromatic heterocycles. The first-order valence-electron chi connectivity index (χ1n) is 5.79. The van der Waals surface area contributed by atoms with E-state index in [0.717, 1.165) is 42.1 Å². The molecule has 0 aliphatic heterocycles. The zero-order valence-electron chi connectivity index (χ0n) is 10.5. The third kappa shape index (κ3) is 6.92. The van der Waals surface area contributed by atoms with Gasteiger partial charge in [0.1, 0.15) is 0 Å². The molecule has 4 nitrogen and oxygen atoms in total. The summed E-state index contributed by atoms with van der Waals surface area (Å²) in [4.78, 5) is 6.75. The molecule has 0 fully saturated rings. The quantitative estimate of drug-likeness (QED) is 0.321. The smallest absolute Gasteiger partial charge is 0.0545 e. The van der Waals surface area contributed by atoms with Gasteiger partial charge in [-0.05, 0) is 26.2 Å². The van der Waals surface area contributed by atoms with E-state index in [4.69, 9.17) is 0 Å². The summed E-state index contributed by atoms with van der Waals surface area (Å²) < 4.78 is 0.949. The van der Waals surface area contributed by atoms with Crippen LogP contribution in [0.4, 0.5) is 0 Å². The summed E-state index contributed by atoms with van der Waals surface area (Å²) in [6.07, 6.45) is 0. The Morgan fingerprint density at radius 2 is 1.82 bits per heavy atom. The molecular formula is C12H21IN4. The van der Waals surface area contributed by atoms with E-state index in [9.17, 15) is 0 Å². The maximum absolute atomic E-state index is 4.58. The summed E-state index contributed by atoms with van der Waals surface area (Å²) in [5.74, 6) is 0. The molecule has 96 valence electrons. The van der Waals surface area contributed by atoms with E-state index >= 15 is 0 Å². The van der Waals surface area contributed by atoms with Crippen LogP contribution in [0.1, 0.15) is 11.4 Å². The molecule has 0 bridgehead atoms. The minimum Gasteiger partial charge on any atom is -0.310 e. The first kappa shape index (κ1) is 14.8. The second-order valence-electron chi connectivity index (χ2n) is 4.16. The van der Waals surface area contributed by atoms with E-state index < -0.39 is 0 Å². The summed E-state index contributed by atoms with van der Waals surface area (Å²) in [7, 11) is 4.16. The van der Waals surface area contributed by atoms with Crippen LogP contribution in [0.5, 0.6) is 0 Å². The van der Waals surface area contributed by atoms with Gasteiger partial charge in [-0.15, -0.1) is 0 Å². The fourth-order valence-corrected chi connectivity index (χ4v) is 1.69. The zero-order chi connectivity index (χ0) is 12.5. The Labute approximate surface area is 117 Å². The summed E-state index contributed by atoms with van der Waals surface area (Å²) in [6.45, 7) is 3.72. The largest absolute Gasteiger partial charge is 0.310 e. The number of rotatable bonds is 8. The molecule has 0 atom stereocenters. The first-order valence-corrected chi connectivity index (χ1v) is 7.32. The zero-order valence-corrected chi connectivity index (χ0v) is 12.7. The first-order chi connectivity index (χ1) is 8.22. The van der Waals surface area contributed by atoms with Crippen molar-refractivity contribution in [2.75, 3.05) is 31.7 Å². The fraction of sp³-hybridized carbons (Fsp3) is 0.583. The molecule has 0 unspecified atom stereocenters. The van der Waals surface area contributed by atoms with Crippen molar-refractivity contribution in [3.63, 3.8) is 0 Å². The van der Waals surface area contributed by atoms with Crippen molar-refractivity contribution in [3.05, 3.63) is 29.6 Å². The van der Waals surface area contributed by atoms with Crippen molar-refractivity contribution in [2.45, 2.75) is 13.1 Å². The molecule has 17 heavy (non-hydrogen) atoms. The van der Waals surface area contributed by atoms with Gasteiger partial charge in [-0.2, -0.15) is 0 Å². The molecule has 1 aromatic rings. The van der Waals surface area contributed by atoms with Gasteiger partial charge in [0.2, 0.25) is 0 Å². The van der Waals surface area contributed by atoms with Crippen LogP contribution in [0.3, 0.4) is 0 Å². The van der Waals surface area contributed by atoms with Crippen LogP contribution in [0.15, 0.2) is 18.2 Å². The minimum atomic E-state index is 0.839. The Morgan fingerprint density at radius 1 is 1.18 bits per heavy atom. The third-order valence-corrected chi connectivity index (χ3v) is 2.85. The Balaban J connectivity index is 2.32. The lowest BCUT2D eigenvalue weighted by atomic mass is 10.3. The van der Waals surface area contributed by atoms with Gasteiger partial charge in [0.25, 0.3) is 0 Å². The van der Waals surface area contributed by atoms with E-state index in [1.54, 1.807) is 0 Å². The molecule has 0 saturated carbocycles. The number of pyridine rings is 1. The SMILES string of the molecule is CN(C)CCNCc1cccc(CNCI)n1. The highest BCUT2D eigenvalue weighted by Gasteiger charge is 1.97. The number of hydrogen-bond acceptors (Lipinski definition) is 4. The summed E-state index contributed by atoms with van der Waals surface area (Å²) in [6, 6.07) is 6.19. The predicted octanol–water partition coefficient (Wildman–Crippen LogP) is 1.21. The van der Waals surface area contributed by atoms with Crippen LogP contribution in [-0.4, -0.2) is 41.6 Å². The van der Waals surface area contributed by atoms with Gasteiger partial charge in [-0.3, -0.25) is 4.98 Å². The highest BCUT2D eigenvalue weighted by molar-refractivity contribution is 14.1. The Bertz CT molecular complexity index is 317. The maximum atomic E-state index is 4.58. The number of likely N-dealkylation sites (N-methyl/N-ethyl adjacent to an activating group) is 1. The van der Waals surface area contributed by atoms with Gasteiger partial charge in [-0.25, -0.2) is 0 Å². The van der Waals surface area contributed by atoms with Gasteiger partial charge in [0, 0.05) is 30.7 Å². The van der Waals surface area contributed by atoms with Crippen molar-refractivity contribution in [1.29, 1.82) is 0 Å². The monoisotopic (exact) mass is 348 g/mol. The lowest BCUT2D eigenvalue weighted by Crippen LogP contribution is -2.26. The Morgan fingerprint density at radius 3 is 2.41 bits per heavy atom. The van der Waals surface area contributed by atoms with Gasteiger partial charge in [0.05, 0.1) is 11.4 Å². The van der Waals surface area contributed by atoms with Gasteiger partial charge >= 0.3 is 0 Å². The van der Waals surface area contributed by atoms with Crippen LogP contribution in [0, 0.1) is 0 Å². The standard InChI is InChI=1S/C12H21IN4/c1-17(2)7-6-14-8-11-4-3-5-12(16-11)9-15-10-13/h3-5,14-15H,6-10H2,1-2H3. The summed E-state index contributed by atoms with van der Waals surface area (Å²) >= 11 is 2.30. The molecular weight excluding hydrogens is 327 g/mol. The number of aromatic nitrogens is 1. The summed E-state index contributed by atoms with van der Waals surface area (Å²) in [5.41, 5.74) is 2.21. The molecule has 1 heterocycles. The highest BCUT2D eigenvalue weighted by Crippen LogP contribution is 1.99. The molecule has 0 aliphatic rings. The van der Waals surface area contributed by atoms with E-state index in [0.29, 0.717) is 0 Å². The number of hydrogen-bond donors (Lipinski definition) is 2. The van der Waals surface area contributed by atoms with Crippen molar-refractivity contribution >= 4 is 22.6 Å². The van der Waals surface area contributed by atoms with Crippen molar-refractivity contribution < 1.29 is 0 Å². The molecule has 0 radical (unpaired) electrons. The van der Waals surface area contributed by atoms with E-state index in [2.05, 4.69) is 75.4 Å². The normalized spacial score (nSPS) is 11.1. The second kappa shape index (κ2) is 8.79. The fourth-order valence-electron chi connectivity index (χ4n) is 1.42. The van der Waals surface area contributed by atoms with E-state index in [1.807, 2.05) is 0 Å². The second-order valence-corrected chi connectivity index (χ2v) is 4.92. The number of nitrogens with one attached hydrogen (secondary N) is 2. The molecule has 2 N–H and O–H groups in total. The highest BCUT2D eigenvalue weighted by atomic mass is 127. The van der Waals surface area contributed by atoms with Crippen molar-refractivity contribution in [3.8, 4) is 0 Å².